The topological polar surface area (TPSA) is 49.7 Å². The van der Waals surface area contributed by atoms with E-state index in [2.05, 4.69) is 10.3 Å². The van der Waals surface area contributed by atoms with E-state index in [1.165, 1.54) is 21.9 Å². The molecular weight excluding hydrogens is 461 g/mol. The van der Waals surface area contributed by atoms with E-state index < -0.39 is 17.8 Å². The average molecular weight is 484 g/mol. The highest BCUT2D eigenvalue weighted by molar-refractivity contribution is 7.14. The number of carbonyl (C=O) groups excluding carboxylic acids is 1. The van der Waals surface area contributed by atoms with Gasteiger partial charge in [-0.25, -0.2) is 14.7 Å². The molecule has 2 N–H and O–H groups in total. The summed E-state index contributed by atoms with van der Waals surface area (Å²) in [4.78, 5) is 19.9. The van der Waals surface area contributed by atoms with Gasteiger partial charge in [-0.05, 0) is 30.3 Å². The summed E-state index contributed by atoms with van der Waals surface area (Å²) in [5.74, 6) is 0. The van der Waals surface area contributed by atoms with Crippen molar-refractivity contribution < 1.29 is 22.9 Å². The summed E-state index contributed by atoms with van der Waals surface area (Å²) < 4.78 is 39.8. The van der Waals surface area contributed by atoms with E-state index >= 15 is 0 Å². The molecule has 3 rings (SSSR count). The van der Waals surface area contributed by atoms with E-state index in [0.717, 1.165) is 42.0 Å². The van der Waals surface area contributed by atoms with Gasteiger partial charge in [0.05, 0.1) is 37.6 Å². The second-order valence-corrected chi connectivity index (χ2v) is 8.72. The summed E-state index contributed by atoms with van der Waals surface area (Å²) in [6.07, 6.45) is -3.79. The van der Waals surface area contributed by atoms with Crippen molar-refractivity contribution >= 4 is 39.8 Å². The van der Waals surface area contributed by atoms with Crippen LogP contribution in [0.3, 0.4) is 0 Å². The van der Waals surface area contributed by atoms with E-state index in [1.54, 1.807) is 23.6 Å². The third kappa shape index (κ3) is 6.21. The monoisotopic (exact) mass is 483 g/mol. The molecule has 2 aromatic carbocycles. The molecule has 0 saturated carbocycles. The Labute approximate surface area is 193 Å². The van der Waals surface area contributed by atoms with E-state index in [0.29, 0.717) is 17.3 Å². The molecule has 5 nitrogen and oxygen atoms in total. The molecular formula is C22H23ClF3N4OS+. The van der Waals surface area contributed by atoms with Gasteiger partial charge in [0.1, 0.15) is 0 Å². The first-order valence-electron chi connectivity index (χ1n) is 9.91. The number of nitrogens with one attached hydrogen (secondary N) is 2. The van der Waals surface area contributed by atoms with Crippen molar-refractivity contribution in [2.75, 3.05) is 32.1 Å². The standard InChI is InChI=1S/C22H22ClF3N4OS/c1-29(2)11-5-10-27-20(31)30(18-9-4-7-16(13-18)22(24,25)26)21-28-19(14-32-21)15-6-3-8-17(23)12-15/h3-4,6-9,12-14H,5,10-11H2,1-2H3,(H,27,31)/p+1. The number of rotatable bonds is 7. The van der Waals surface area contributed by atoms with Crippen LogP contribution >= 0.6 is 22.9 Å². The number of amides is 2. The number of anilines is 2. The summed E-state index contributed by atoms with van der Waals surface area (Å²) in [6, 6.07) is 11.2. The van der Waals surface area contributed by atoms with Crippen LogP contribution < -0.4 is 15.1 Å². The lowest BCUT2D eigenvalue weighted by molar-refractivity contribution is -0.858. The number of carbonyl (C=O) groups is 1. The Morgan fingerprint density at radius 2 is 1.94 bits per heavy atom. The fourth-order valence-corrected chi connectivity index (χ4v) is 4.04. The molecule has 1 aromatic heterocycles. The van der Waals surface area contributed by atoms with Gasteiger partial charge >= 0.3 is 12.2 Å². The third-order valence-electron chi connectivity index (χ3n) is 4.57. The summed E-state index contributed by atoms with van der Waals surface area (Å²) in [5, 5.41) is 5.32. The van der Waals surface area contributed by atoms with Gasteiger partial charge in [-0.3, -0.25) is 0 Å². The molecule has 0 aliphatic rings. The smallest absolute Gasteiger partial charge is 0.340 e. The second-order valence-electron chi connectivity index (χ2n) is 7.45. The average Bonchev–Trinajstić information content (AvgIpc) is 3.20. The molecule has 0 atom stereocenters. The highest BCUT2D eigenvalue weighted by Gasteiger charge is 2.32. The first-order chi connectivity index (χ1) is 15.1. The number of halogens is 4. The molecule has 0 spiro atoms. The van der Waals surface area contributed by atoms with Crippen molar-refractivity contribution in [1.82, 2.24) is 10.3 Å². The maximum absolute atomic E-state index is 13.3. The van der Waals surface area contributed by atoms with E-state index in [9.17, 15) is 18.0 Å². The molecule has 1 heterocycles. The first kappa shape index (κ1) is 24.0. The summed E-state index contributed by atoms with van der Waals surface area (Å²) >= 11 is 7.22. The van der Waals surface area contributed by atoms with Crippen LogP contribution in [-0.4, -0.2) is 38.2 Å². The minimum atomic E-state index is -4.53. The number of hydrogen-bond acceptors (Lipinski definition) is 3. The maximum Gasteiger partial charge on any atom is 0.416 e. The van der Waals surface area contributed by atoms with Gasteiger partial charge in [-0.15, -0.1) is 11.3 Å². The summed E-state index contributed by atoms with van der Waals surface area (Å²) in [6.45, 7) is 1.24. The number of alkyl halides is 3. The van der Waals surface area contributed by atoms with Crippen LogP contribution in [0.15, 0.2) is 53.9 Å². The fraction of sp³-hybridized carbons (Fsp3) is 0.273. The molecule has 10 heteroatoms. The van der Waals surface area contributed by atoms with Crippen LogP contribution in [0.25, 0.3) is 11.3 Å². The maximum atomic E-state index is 13.3. The Kier molecular flexibility index (Phi) is 7.76. The van der Waals surface area contributed by atoms with Crippen LogP contribution in [0, 0.1) is 0 Å². The Morgan fingerprint density at radius 1 is 1.19 bits per heavy atom. The van der Waals surface area contributed by atoms with Crippen molar-refractivity contribution in [3.8, 4) is 11.3 Å². The van der Waals surface area contributed by atoms with Crippen LogP contribution in [0.5, 0.6) is 0 Å². The Hall–Kier alpha value is -2.62. The van der Waals surface area contributed by atoms with Crippen molar-refractivity contribution in [1.29, 1.82) is 0 Å². The molecule has 0 bridgehead atoms. The lowest BCUT2D eigenvalue weighted by Crippen LogP contribution is -3.05. The highest BCUT2D eigenvalue weighted by Crippen LogP contribution is 2.36. The van der Waals surface area contributed by atoms with Gasteiger partial charge in [-0.2, -0.15) is 13.2 Å². The van der Waals surface area contributed by atoms with Crippen LogP contribution in [0.4, 0.5) is 28.8 Å². The second kappa shape index (κ2) is 10.3. The van der Waals surface area contributed by atoms with Gasteiger partial charge in [0, 0.05) is 28.9 Å². The number of thiazole rings is 1. The minimum Gasteiger partial charge on any atom is -0.340 e. The quantitative estimate of drug-likeness (QED) is 0.471. The molecule has 0 fully saturated rings. The molecule has 32 heavy (non-hydrogen) atoms. The number of benzene rings is 2. The molecule has 0 saturated heterocycles. The SMILES string of the molecule is C[NH+](C)CCCNC(=O)N(c1cccc(C(F)(F)F)c1)c1nc(-c2cccc(Cl)c2)cs1. The van der Waals surface area contributed by atoms with Crippen molar-refractivity contribution in [2.24, 2.45) is 0 Å². The lowest BCUT2D eigenvalue weighted by atomic mass is 10.2. The van der Waals surface area contributed by atoms with Gasteiger partial charge in [-0.1, -0.05) is 29.8 Å². The van der Waals surface area contributed by atoms with Crippen LogP contribution in [-0.2, 0) is 6.18 Å². The fourth-order valence-electron chi connectivity index (χ4n) is 3.00. The highest BCUT2D eigenvalue weighted by atomic mass is 35.5. The van der Waals surface area contributed by atoms with Crippen molar-refractivity contribution in [2.45, 2.75) is 12.6 Å². The van der Waals surface area contributed by atoms with Gasteiger partial charge in [0.25, 0.3) is 0 Å². The zero-order valence-corrected chi connectivity index (χ0v) is 19.1. The molecule has 0 radical (unpaired) electrons. The molecule has 0 aliphatic carbocycles. The van der Waals surface area contributed by atoms with Gasteiger partial charge in [0.2, 0.25) is 0 Å². The zero-order valence-electron chi connectivity index (χ0n) is 17.5. The molecule has 0 aliphatic heterocycles. The van der Waals surface area contributed by atoms with Crippen molar-refractivity contribution in [3.63, 3.8) is 0 Å². The zero-order chi connectivity index (χ0) is 23.3. The molecule has 2 amide bonds. The normalized spacial score (nSPS) is 11.6. The number of hydrogen-bond donors (Lipinski definition) is 2. The van der Waals surface area contributed by atoms with E-state index in [4.69, 9.17) is 11.6 Å². The number of quaternary nitrogens is 1. The number of aromatic nitrogens is 1. The largest absolute Gasteiger partial charge is 0.416 e. The summed E-state index contributed by atoms with van der Waals surface area (Å²) in [7, 11) is 4.01. The predicted octanol–water partition coefficient (Wildman–Crippen LogP) is 4.86. The number of nitrogens with zero attached hydrogens (tertiary/aromatic N) is 2. The first-order valence-corrected chi connectivity index (χ1v) is 11.2. The Bertz CT molecular complexity index is 1070. The van der Waals surface area contributed by atoms with Crippen LogP contribution in [0.2, 0.25) is 5.02 Å². The Morgan fingerprint density at radius 3 is 2.62 bits per heavy atom. The van der Waals surface area contributed by atoms with Crippen LogP contribution in [0.1, 0.15) is 12.0 Å². The van der Waals surface area contributed by atoms with Gasteiger partial charge in [0.15, 0.2) is 5.13 Å². The lowest BCUT2D eigenvalue weighted by Gasteiger charge is -2.21. The predicted molar refractivity (Wildman–Crippen MR) is 122 cm³/mol. The molecule has 0 unspecified atom stereocenters. The van der Waals surface area contributed by atoms with E-state index in [1.807, 2.05) is 20.2 Å². The Balaban J connectivity index is 1.93. The molecule has 3 aromatic rings. The van der Waals surface area contributed by atoms with E-state index in [-0.39, 0.29) is 10.8 Å². The minimum absolute atomic E-state index is 0.0857. The third-order valence-corrected chi connectivity index (χ3v) is 5.63. The number of urea groups is 1. The summed E-state index contributed by atoms with van der Waals surface area (Å²) in [5.41, 5.74) is 0.574. The molecule has 170 valence electrons. The van der Waals surface area contributed by atoms with Crippen molar-refractivity contribution in [3.05, 3.63) is 64.5 Å². The van der Waals surface area contributed by atoms with Gasteiger partial charge < -0.3 is 10.2 Å².